The van der Waals surface area contributed by atoms with Crippen LogP contribution in [0.3, 0.4) is 0 Å². The van der Waals surface area contributed by atoms with Gasteiger partial charge >= 0.3 is 0 Å². The first-order valence-electron chi connectivity index (χ1n) is 9.70. The van der Waals surface area contributed by atoms with Gasteiger partial charge in [-0.25, -0.2) is 0 Å². The second-order valence-corrected chi connectivity index (χ2v) is 6.32. The van der Waals surface area contributed by atoms with Gasteiger partial charge in [0.05, 0.1) is 6.61 Å². The molecule has 3 N–H and O–H groups in total. The number of para-hydroxylation sites is 1. The van der Waals surface area contributed by atoms with Crippen LogP contribution >= 0.6 is 0 Å². The summed E-state index contributed by atoms with van der Waals surface area (Å²) in [6.45, 7) is 5.82. The molecule has 2 rings (SSSR count). The Labute approximate surface area is 167 Å². The lowest BCUT2D eigenvalue weighted by Gasteiger charge is -2.15. The Kier molecular flexibility index (Phi) is 8.85. The molecule has 0 bridgehead atoms. The number of rotatable bonds is 9. The molecule has 0 saturated heterocycles. The topological polar surface area (TPSA) is 74.8 Å². The predicted molar refractivity (Wildman–Crippen MR) is 115 cm³/mol. The third-order valence-electron chi connectivity index (χ3n) is 4.09. The van der Waals surface area contributed by atoms with Gasteiger partial charge in [-0.3, -0.25) is 9.79 Å². The van der Waals surface area contributed by atoms with Crippen molar-refractivity contribution in [2.24, 2.45) is 4.99 Å². The fourth-order valence-electron chi connectivity index (χ4n) is 2.74. The van der Waals surface area contributed by atoms with Crippen molar-refractivity contribution in [2.75, 3.05) is 19.0 Å². The standard InChI is InChI=1S/C22H30N4O2/c1-4-9-21(27)26-19-12-8-10-17(14-19)15-24-22(23-3)25-16-18-11-6-7-13-20(18)28-5-2/h6-8,10-14H,4-5,9,15-16H2,1-3H3,(H,26,27)(H2,23,24,25). The van der Waals surface area contributed by atoms with Crippen LogP contribution in [0, 0.1) is 0 Å². The zero-order chi connectivity index (χ0) is 20.2. The predicted octanol–water partition coefficient (Wildman–Crippen LogP) is 3.69. The van der Waals surface area contributed by atoms with E-state index in [2.05, 4.69) is 20.9 Å². The molecule has 0 saturated carbocycles. The molecule has 28 heavy (non-hydrogen) atoms. The van der Waals surface area contributed by atoms with Crippen LogP contribution in [0.2, 0.25) is 0 Å². The van der Waals surface area contributed by atoms with Gasteiger partial charge in [0.2, 0.25) is 5.91 Å². The molecule has 0 aliphatic heterocycles. The van der Waals surface area contributed by atoms with E-state index in [0.717, 1.165) is 29.0 Å². The van der Waals surface area contributed by atoms with Crippen LogP contribution in [0.4, 0.5) is 5.69 Å². The molecule has 1 amide bonds. The van der Waals surface area contributed by atoms with E-state index in [0.29, 0.717) is 32.1 Å². The van der Waals surface area contributed by atoms with Crippen LogP contribution in [-0.4, -0.2) is 25.5 Å². The number of nitrogens with zero attached hydrogens (tertiary/aromatic N) is 1. The fourth-order valence-corrected chi connectivity index (χ4v) is 2.74. The van der Waals surface area contributed by atoms with Gasteiger partial charge in [0.25, 0.3) is 0 Å². The number of ether oxygens (including phenoxy) is 1. The minimum absolute atomic E-state index is 0.0399. The van der Waals surface area contributed by atoms with E-state index in [1.807, 2.05) is 62.4 Å². The Morgan fingerprint density at radius 1 is 1.04 bits per heavy atom. The molecule has 2 aromatic rings. The molecule has 0 unspecified atom stereocenters. The Hall–Kier alpha value is -3.02. The van der Waals surface area contributed by atoms with Crippen molar-refractivity contribution in [3.8, 4) is 5.75 Å². The molecule has 0 radical (unpaired) electrons. The van der Waals surface area contributed by atoms with Gasteiger partial charge in [0, 0.05) is 37.8 Å². The summed E-state index contributed by atoms with van der Waals surface area (Å²) in [4.78, 5) is 16.0. The van der Waals surface area contributed by atoms with Crippen molar-refractivity contribution in [3.63, 3.8) is 0 Å². The van der Waals surface area contributed by atoms with Crippen LogP contribution < -0.4 is 20.7 Å². The second-order valence-electron chi connectivity index (χ2n) is 6.32. The Morgan fingerprint density at radius 3 is 2.57 bits per heavy atom. The summed E-state index contributed by atoms with van der Waals surface area (Å²) in [7, 11) is 1.74. The smallest absolute Gasteiger partial charge is 0.224 e. The molecule has 6 heteroatoms. The zero-order valence-corrected chi connectivity index (χ0v) is 16.9. The highest BCUT2D eigenvalue weighted by Gasteiger charge is 2.05. The van der Waals surface area contributed by atoms with Crippen LogP contribution in [0.1, 0.15) is 37.8 Å². The Bertz CT molecular complexity index is 790. The fraction of sp³-hybridized carbons (Fsp3) is 0.364. The van der Waals surface area contributed by atoms with Crippen molar-refractivity contribution < 1.29 is 9.53 Å². The number of amides is 1. The molecule has 0 atom stereocenters. The highest BCUT2D eigenvalue weighted by molar-refractivity contribution is 5.90. The molecule has 0 fully saturated rings. The summed E-state index contributed by atoms with van der Waals surface area (Å²) >= 11 is 0. The number of benzene rings is 2. The van der Waals surface area contributed by atoms with Crippen molar-refractivity contribution >= 4 is 17.6 Å². The number of nitrogens with one attached hydrogen (secondary N) is 3. The van der Waals surface area contributed by atoms with Crippen molar-refractivity contribution in [2.45, 2.75) is 39.8 Å². The first-order valence-corrected chi connectivity index (χ1v) is 9.70. The number of guanidine groups is 1. The van der Waals surface area contributed by atoms with Gasteiger partial charge < -0.3 is 20.7 Å². The van der Waals surface area contributed by atoms with Gasteiger partial charge in [-0.1, -0.05) is 37.3 Å². The number of hydrogen-bond acceptors (Lipinski definition) is 3. The lowest BCUT2D eigenvalue weighted by molar-refractivity contribution is -0.116. The van der Waals surface area contributed by atoms with Gasteiger partial charge in [-0.15, -0.1) is 0 Å². The van der Waals surface area contributed by atoms with Gasteiger partial charge in [-0.05, 0) is 37.1 Å². The summed E-state index contributed by atoms with van der Waals surface area (Å²) in [5.74, 6) is 1.62. The molecule has 150 valence electrons. The molecule has 2 aromatic carbocycles. The van der Waals surface area contributed by atoms with Crippen LogP contribution in [0.15, 0.2) is 53.5 Å². The van der Waals surface area contributed by atoms with E-state index < -0.39 is 0 Å². The Balaban J connectivity index is 1.90. The molecular formula is C22H30N4O2. The maximum atomic E-state index is 11.8. The van der Waals surface area contributed by atoms with Crippen molar-refractivity contribution in [3.05, 3.63) is 59.7 Å². The molecule has 0 aliphatic carbocycles. The largest absolute Gasteiger partial charge is 0.494 e. The highest BCUT2D eigenvalue weighted by Crippen LogP contribution is 2.17. The summed E-state index contributed by atoms with van der Waals surface area (Å²) < 4.78 is 5.66. The van der Waals surface area contributed by atoms with Gasteiger partial charge in [0.1, 0.15) is 5.75 Å². The summed E-state index contributed by atoms with van der Waals surface area (Å²) in [6, 6.07) is 15.8. The third-order valence-corrected chi connectivity index (χ3v) is 4.09. The molecule has 0 aromatic heterocycles. The highest BCUT2D eigenvalue weighted by atomic mass is 16.5. The minimum atomic E-state index is 0.0399. The van der Waals surface area contributed by atoms with E-state index in [-0.39, 0.29) is 5.91 Å². The first kappa shape index (κ1) is 21.3. The number of aliphatic imine (C=N–C) groups is 1. The molecule has 0 heterocycles. The maximum Gasteiger partial charge on any atom is 0.224 e. The molecular weight excluding hydrogens is 352 g/mol. The summed E-state index contributed by atoms with van der Waals surface area (Å²) in [5, 5.41) is 9.53. The maximum absolute atomic E-state index is 11.8. The zero-order valence-electron chi connectivity index (χ0n) is 16.9. The van der Waals surface area contributed by atoms with Crippen LogP contribution in [-0.2, 0) is 17.9 Å². The van der Waals surface area contributed by atoms with E-state index >= 15 is 0 Å². The van der Waals surface area contributed by atoms with Crippen molar-refractivity contribution in [1.29, 1.82) is 0 Å². The van der Waals surface area contributed by atoms with Gasteiger partial charge in [0.15, 0.2) is 5.96 Å². The number of anilines is 1. The lowest BCUT2D eigenvalue weighted by atomic mass is 10.2. The average Bonchev–Trinajstić information content (AvgIpc) is 2.70. The Morgan fingerprint density at radius 2 is 1.82 bits per heavy atom. The number of carbonyl (C=O) groups excluding carboxylic acids is 1. The van der Waals surface area contributed by atoms with Crippen LogP contribution in [0.5, 0.6) is 5.75 Å². The monoisotopic (exact) mass is 382 g/mol. The molecule has 0 aliphatic rings. The molecule has 0 spiro atoms. The van der Waals surface area contributed by atoms with Crippen molar-refractivity contribution in [1.82, 2.24) is 10.6 Å². The SMILES string of the molecule is CCCC(=O)Nc1cccc(CNC(=NC)NCc2ccccc2OCC)c1. The number of hydrogen-bond donors (Lipinski definition) is 3. The quantitative estimate of drug-likeness (QED) is 0.457. The lowest BCUT2D eigenvalue weighted by Crippen LogP contribution is -2.36. The first-order chi connectivity index (χ1) is 13.7. The number of carbonyl (C=O) groups is 1. The second kappa shape index (κ2) is 11.6. The van der Waals surface area contributed by atoms with E-state index in [9.17, 15) is 4.79 Å². The third kappa shape index (κ3) is 6.95. The van der Waals surface area contributed by atoms with E-state index in [4.69, 9.17) is 4.74 Å². The van der Waals surface area contributed by atoms with Crippen LogP contribution in [0.25, 0.3) is 0 Å². The minimum Gasteiger partial charge on any atom is -0.494 e. The average molecular weight is 383 g/mol. The normalized spacial score (nSPS) is 11.0. The van der Waals surface area contributed by atoms with E-state index in [1.165, 1.54) is 0 Å². The van der Waals surface area contributed by atoms with E-state index in [1.54, 1.807) is 7.05 Å². The molecule has 6 nitrogen and oxygen atoms in total. The summed E-state index contributed by atoms with van der Waals surface area (Å²) in [6.07, 6.45) is 1.36. The summed E-state index contributed by atoms with van der Waals surface area (Å²) in [5.41, 5.74) is 2.95. The van der Waals surface area contributed by atoms with Gasteiger partial charge in [-0.2, -0.15) is 0 Å².